The van der Waals surface area contributed by atoms with Gasteiger partial charge >= 0.3 is 5.69 Å². The molecule has 2 aromatic carbocycles. The van der Waals surface area contributed by atoms with Gasteiger partial charge in [-0.1, -0.05) is 29.8 Å². The first-order valence-electron chi connectivity index (χ1n) is 9.95. The summed E-state index contributed by atoms with van der Waals surface area (Å²) in [4.78, 5) is 41.0. The highest BCUT2D eigenvalue weighted by molar-refractivity contribution is 7.18. The number of hydrogen-bond acceptors (Lipinski definition) is 4. The van der Waals surface area contributed by atoms with E-state index in [1.165, 1.54) is 15.9 Å². The predicted molar refractivity (Wildman–Crippen MR) is 126 cm³/mol. The second-order valence-electron chi connectivity index (χ2n) is 7.73. The molecule has 0 aliphatic carbocycles. The number of anilines is 1. The monoisotopic (exact) mass is 433 g/mol. The third kappa shape index (κ3) is 3.84. The zero-order valence-corrected chi connectivity index (χ0v) is 18.7. The van der Waals surface area contributed by atoms with Gasteiger partial charge in [0, 0.05) is 10.6 Å². The van der Waals surface area contributed by atoms with E-state index in [1.807, 2.05) is 58.0 Å². The largest absolute Gasteiger partial charge is 0.337 e. The third-order valence-corrected chi connectivity index (χ3v) is 6.58. The van der Waals surface area contributed by atoms with Crippen LogP contribution in [-0.4, -0.2) is 15.0 Å². The normalized spacial score (nSPS) is 11.1. The topological polar surface area (TPSA) is 73.1 Å². The Hall–Kier alpha value is -3.45. The van der Waals surface area contributed by atoms with Gasteiger partial charge in [0.2, 0.25) is 5.91 Å². The Morgan fingerprint density at radius 3 is 2.35 bits per heavy atom. The van der Waals surface area contributed by atoms with Crippen molar-refractivity contribution in [2.45, 2.75) is 34.2 Å². The molecule has 2 aromatic heterocycles. The maximum Gasteiger partial charge on any atom is 0.337 e. The fourth-order valence-corrected chi connectivity index (χ4v) is 4.71. The van der Waals surface area contributed by atoms with E-state index in [9.17, 15) is 14.4 Å². The number of nitrogens with one attached hydrogen (secondary N) is 1. The number of nitrogens with zero attached hydrogens (tertiary/aromatic N) is 2. The van der Waals surface area contributed by atoms with Crippen LogP contribution in [0.4, 0.5) is 5.69 Å². The van der Waals surface area contributed by atoms with Gasteiger partial charge in [-0.25, -0.2) is 9.36 Å². The van der Waals surface area contributed by atoms with Gasteiger partial charge in [0.05, 0.1) is 11.1 Å². The molecule has 1 amide bonds. The number of rotatable bonds is 4. The molecular formula is C24H23N3O3S. The Kier molecular flexibility index (Phi) is 5.37. The number of fused-ring (bicyclic) bond motifs is 1. The second kappa shape index (κ2) is 8.00. The van der Waals surface area contributed by atoms with Crippen LogP contribution in [0, 0.1) is 27.7 Å². The Morgan fingerprint density at radius 2 is 1.68 bits per heavy atom. The molecule has 0 bridgehead atoms. The van der Waals surface area contributed by atoms with E-state index in [1.54, 1.807) is 18.2 Å². The van der Waals surface area contributed by atoms with Crippen LogP contribution < -0.4 is 16.6 Å². The molecule has 0 atom stereocenters. The second-order valence-corrected chi connectivity index (χ2v) is 8.93. The number of amides is 1. The molecular weight excluding hydrogens is 410 g/mol. The lowest BCUT2D eigenvalue weighted by molar-refractivity contribution is -0.116. The van der Waals surface area contributed by atoms with E-state index >= 15 is 0 Å². The van der Waals surface area contributed by atoms with E-state index in [4.69, 9.17) is 0 Å². The van der Waals surface area contributed by atoms with Crippen LogP contribution in [0.25, 0.3) is 15.9 Å². The van der Waals surface area contributed by atoms with E-state index in [0.29, 0.717) is 21.6 Å². The van der Waals surface area contributed by atoms with Crippen LogP contribution in [0.15, 0.2) is 58.1 Å². The Morgan fingerprint density at radius 1 is 0.968 bits per heavy atom. The lowest BCUT2D eigenvalue weighted by atomic mass is 10.2. The van der Waals surface area contributed by atoms with E-state index < -0.39 is 5.69 Å². The molecule has 0 fully saturated rings. The van der Waals surface area contributed by atoms with E-state index in [-0.39, 0.29) is 18.0 Å². The Bertz CT molecular complexity index is 1430. The van der Waals surface area contributed by atoms with Crippen LogP contribution in [-0.2, 0) is 11.3 Å². The Labute approximate surface area is 183 Å². The molecule has 1 N–H and O–H groups in total. The molecule has 158 valence electrons. The summed E-state index contributed by atoms with van der Waals surface area (Å²) in [6.45, 7) is 7.47. The number of aromatic nitrogens is 2. The maximum absolute atomic E-state index is 13.4. The van der Waals surface area contributed by atoms with Gasteiger partial charge in [-0.05, 0) is 63.1 Å². The van der Waals surface area contributed by atoms with Gasteiger partial charge in [0.25, 0.3) is 5.56 Å². The van der Waals surface area contributed by atoms with Crippen molar-refractivity contribution in [1.82, 2.24) is 9.13 Å². The van der Waals surface area contributed by atoms with Crippen molar-refractivity contribution in [3.63, 3.8) is 0 Å². The van der Waals surface area contributed by atoms with Crippen molar-refractivity contribution < 1.29 is 4.79 Å². The third-order valence-electron chi connectivity index (χ3n) is 5.35. The molecule has 31 heavy (non-hydrogen) atoms. The van der Waals surface area contributed by atoms with Crippen LogP contribution in [0.1, 0.15) is 21.6 Å². The minimum atomic E-state index is -0.525. The highest BCUT2D eigenvalue weighted by atomic mass is 32.1. The molecule has 0 saturated heterocycles. The maximum atomic E-state index is 13.4. The lowest BCUT2D eigenvalue weighted by Gasteiger charge is -2.13. The van der Waals surface area contributed by atoms with Gasteiger partial charge in [-0.15, -0.1) is 11.3 Å². The zero-order chi connectivity index (χ0) is 22.3. The number of carbonyl (C=O) groups is 1. The molecule has 0 spiro atoms. The molecule has 4 aromatic rings. The van der Waals surface area contributed by atoms with Crippen molar-refractivity contribution in [3.05, 3.63) is 90.9 Å². The molecule has 0 aliphatic heterocycles. The summed E-state index contributed by atoms with van der Waals surface area (Å²) in [6, 6.07) is 14.7. The van der Waals surface area contributed by atoms with Crippen molar-refractivity contribution in [2.24, 2.45) is 0 Å². The quantitative estimate of drug-likeness (QED) is 0.527. The van der Waals surface area contributed by atoms with Gasteiger partial charge in [0.15, 0.2) is 0 Å². The lowest BCUT2D eigenvalue weighted by Crippen LogP contribution is -2.40. The van der Waals surface area contributed by atoms with Crippen LogP contribution in [0.3, 0.4) is 0 Å². The number of benzene rings is 2. The molecule has 6 nitrogen and oxygen atoms in total. The highest BCUT2D eigenvalue weighted by Crippen LogP contribution is 2.27. The number of carbonyl (C=O) groups excluding carboxylic acids is 1. The number of aryl methyl sites for hydroxylation is 4. The van der Waals surface area contributed by atoms with Crippen LogP contribution in [0.5, 0.6) is 0 Å². The minimum absolute atomic E-state index is 0.186. The standard InChI is InChI=1S/C24H23N3O3S/c1-14-8-10-18(11-9-14)25-20(28)13-26-23-21(16(3)17(4)31-23)22(29)27(24(26)30)19-7-5-6-15(2)12-19/h5-12H,13H2,1-4H3,(H,25,28). The van der Waals surface area contributed by atoms with Crippen molar-refractivity contribution in [1.29, 1.82) is 0 Å². The fourth-order valence-electron chi connectivity index (χ4n) is 3.57. The summed E-state index contributed by atoms with van der Waals surface area (Å²) in [5.74, 6) is -0.328. The first-order chi connectivity index (χ1) is 14.8. The van der Waals surface area contributed by atoms with Crippen molar-refractivity contribution in [3.8, 4) is 5.69 Å². The summed E-state index contributed by atoms with van der Waals surface area (Å²) in [5, 5.41) is 3.31. The van der Waals surface area contributed by atoms with Crippen molar-refractivity contribution in [2.75, 3.05) is 5.32 Å². The zero-order valence-electron chi connectivity index (χ0n) is 17.9. The van der Waals surface area contributed by atoms with Gasteiger partial charge in [0.1, 0.15) is 11.4 Å². The summed E-state index contributed by atoms with van der Waals surface area (Å²) in [7, 11) is 0. The molecule has 7 heteroatoms. The van der Waals surface area contributed by atoms with Gasteiger partial charge in [-0.2, -0.15) is 0 Å². The summed E-state index contributed by atoms with van der Waals surface area (Å²) >= 11 is 1.36. The fraction of sp³-hybridized carbons (Fsp3) is 0.208. The molecule has 0 unspecified atom stereocenters. The molecule has 0 saturated carbocycles. The van der Waals surface area contributed by atoms with Crippen LogP contribution >= 0.6 is 11.3 Å². The first-order valence-corrected chi connectivity index (χ1v) is 10.8. The molecule has 2 heterocycles. The summed E-state index contributed by atoms with van der Waals surface area (Å²) < 4.78 is 2.56. The summed E-state index contributed by atoms with van der Waals surface area (Å²) in [6.07, 6.45) is 0. The number of hydrogen-bond donors (Lipinski definition) is 1. The van der Waals surface area contributed by atoms with Gasteiger partial charge < -0.3 is 5.32 Å². The van der Waals surface area contributed by atoms with Crippen LogP contribution in [0.2, 0.25) is 0 Å². The predicted octanol–water partition coefficient (Wildman–Crippen LogP) is 4.09. The number of thiophene rings is 1. The summed E-state index contributed by atoms with van der Waals surface area (Å²) in [5.41, 5.74) is 3.12. The first kappa shape index (κ1) is 20.8. The molecule has 4 rings (SSSR count). The van der Waals surface area contributed by atoms with Crippen molar-refractivity contribution >= 4 is 33.1 Å². The highest BCUT2D eigenvalue weighted by Gasteiger charge is 2.21. The minimum Gasteiger partial charge on any atom is -0.325 e. The average Bonchev–Trinajstić information content (AvgIpc) is 3.02. The Balaban J connectivity index is 1.87. The average molecular weight is 434 g/mol. The SMILES string of the molecule is Cc1ccc(NC(=O)Cn2c(=O)n(-c3cccc(C)c3)c(=O)c3c(C)c(C)sc32)cc1. The van der Waals surface area contributed by atoms with E-state index in [2.05, 4.69) is 5.32 Å². The van der Waals surface area contributed by atoms with Gasteiger partial charge in [-0.3, -0.25) is 14.2 Å². The molecule has 0 radical (unpaired) electrons. The van der Waals surface area contributed by atoms with E-state index in [0.717, 1.165) is 26.1 Å². The smallest absolute Gasteiger partial charge is 0.325 e. The molecule has 0 aliphatic rings.